The molecule has 0 saturated heterocycles. The zero-order valence-electron chi connectivity index (χ0n) is 20.3. The van der Waals surface area contributed by atoms with E-state index in [1.54, 1.807) is 24.3 Å². The molecule has 3 aromatic rings. The molecule has 37 heavy (non-hydrogen) atoms. The predicted molar refractivity (Wildman–Crippen MR) is 135 cm³/mol. The quantitative estimate of drug-likeness (QED) is 0.373. The molecule has 1 aromatic heterocycles. The van der Waals surface area contributed by atoms with Gasteiger partial charge in [-0.15, -0.1) is 0 Å². The first-order chi connectivity index (χ1) is 17.6. The Kier molecular flexibility index (Phi) is 8.03. The second-order valence-electron chi connectivity index (χ2n) is 8.97. The van der Waals surface area contributed by atoms with E-state index in [1.807, 2.05) is 0 Å². The van der Waals surface area contributed by atoms with Gasteiger partial charge in [0.15, 0.2) is 0 Å². The predicted octanol–water partition coefficient (Wildman–Crippen LogP) is 5.06. The van der Waals surface area contributed by atoms with E-state index in [4.69, 9.17) is 21.1 Å². The molecular formula is C26H27ClF2N2O5S. The van der Waals surface area contributed by atoms with Crippen LogP contribution in [0.5, 0.6) is 5.75 Å². The first kappa shape index (κ1) is 27.3. The molecule has 0 amide bonds. The molecule has 7 nitrogen and oxygen atoms in total. The monoisotopic (exact) mass is 552 g/mol. The zero-order valence-corrected chi connectivity index (χ0v) is 21.9. The highest BCUT2D eigenvalue weighted by Crippen LogP contribution is 2.45. The average Bonchev–Trinajstić information content (AvgIpc) is 3.33. The summed E-state index contributed by atoms with van der Waals surface area (Å²) in [7, 11) is -1.55. The number of rotatable bonds is 9. The lowest BCUT2D eigenvalue weighted by atomic mass is 9.94. The van der Waals surface area contributed by atoms with Crippen molar-refractivity contribution in [2.24, 2.45) is 0 Å². The average molecular weight is 553 g/mol. The molecule has 2 aromatic carbocycles. The highest BCUT2D eigenvalue weighted by atomic mass is 35.5. The van der Waals surface area contributed by atoms with E-state index in [-0.39, 0.29) is 29.9 Å². The number of hydrogen-bond donors (Lipinski definition) is 1. The van der Waals surface area contributed by atoms with Gasteiger partial charge in [0.2, 0.25) is 5.95 Å². The van der Waals surface area contributed by atoms with Gasteiger partial charge in [-0.25, -0.2) is 22.1 Å². The molecule has 11 heteroatoms. The number of nitrogens with zero attached hydrogens (tertiary/aromatic N) is 2. The fraction of sp³-hybridized carbons (Fsp3) is 0.346. The Morgan fingerprint density at radius 3 is 2.49 bits per heavy atom. The summed E-state index contributed by atoms with van der Waals surface area (Å²) in [5.41, 5.74) is 0.244. The summed E-state index contributed by atoms with van der Waals surface area (Å²) >= 11 is 6.49. The zero-order chi connectivity index (χ0) is 26.8. The maximum Gasteiger partial charge on any atom is 0.268 e. The maximum atomic E-state index is 15.5. The van der Waals surface area contributed by atoms with Crippen LogP contribution in [0.2, 0.25) is 5.02 Å². The molecule has 0 bridgehead atoms. The topological polar surface area (TPSA) is 89.0 Å². The first-order valence-electron chi connectivity index (χ1n) is 11.6. The van der Waals surface area contributed by atoms with Gasteiger partial charge in [0.05, 0.1) is 25.9 Å². The highest BCUT2D eigenvalue weighted by Gasteiger charge is 2.41. The van der Waals surface area contributed by atoms with Gasteiger partial charge in [0.1, 0.15) is 22.3 Å². The lowest BCUT2D eigenvalue weighted by Gasteiger charge is -2.26. The molecular weight excluding hydrogens is 526 g/mol. The third-order valence-electron chi connectivity index (χ3n) is 6.79. The summed E-state index contributed by atoms with van der Waals surface area (Å²) in [4.78, 5) is 3.07. The third kappa shape index (κ3) is 5.57. The van der Waals surface area contributed by atoms with Gasteiger partial charge < -0.3 is 14.6 Å². The Morgan fingerprint density at radius 2 is 1.89 bits per heavy atom. The molecule has 1 aliphatic carbocycles. The van der Waals surface area contributed by atoms with Gasteiger partial charge >= 0.3 is 0 Å². The fourth-order valence-electron chi connectivity index (χ4n) is 4.65. The number of anilines is 1. The van der Waals surface area contributed by atoms with E-state index < -0.39 is 32.3 Å². The van der Waals surface area contributed by atoms with Crippen LogP contribution < -0.4 is 9.04 Å². The third-order valence-corrected chi connectivity index (χ3v) is 8.88. The molecule has 2 atom stereocenters. The molecule has 0 spiro atoms. The normalized spacial score (nSPS) is 19.7. The smallest absolute Gasteiger partial charge is 0.268 e. The number of ether oxygens (including phenoxy) is 2. The van der Waals surface area contributed by atoms with Crippen molar-refractivity contribution >= 4 is 27.4 Å². The number of methoxy groups -OCH3 is 2. The van der Waals surface area contributed by atoms with Crippen LogP contribution in [0.4, 0.5) is 14.6 Å². The number of sulfonamides is 1. The van der Waals surface area contributed by atoms with Crippen molar-refractivity contribution in [2.45, 2.75) is 42.2 Å². The number of aromatic nitrogens is 1. The van der Waals surface area contributed by atoms with E-state index in [2.05, 4.69) is 4.98 Å². The van der Waals surface area contributed by atoms with Crippen molar-refractivity contribution in [3.63, 3.8) is 0 Å². The number of benzene rings is 2. The lowest BCUT2D eigenvalue weighted by Crippen LogP contribution is -2.32. The van der Waals surface area contributed by atoms with Crippen molar-refractivity contribution in [2.75, 3.05) is 25.1 Å². The van der Waals surface area contributed by atoms with Gasteiger partial charge in [-0.1, -0.05) is 29.8 Å². The van der Waals surface area contributed by atoms with E-state index >= 15 is 4.39 Å². The van der Waals surface area contributed by atoms with Crippen LogP contribution in [0.15, 0.2) is 59.5 Å². The Hall–Kier alpha value is -2.79. The van der Waals surface area contributed by atoms with Crippen molar-refractivity contribution in [1.82, 2.24) is 4.98 Å². The second-order valence-corrected chi connectivity index (χ2v) is 11.2. The van der Waals surface area contributed by atoms with E-state index in [9.17, 15) is 17.9 Å². The van der Waals surface area contributed by atoms with Gasteiger partial charge in [-0.2, -0.15) is 4.39 Å². The van der Waals surface area contributed by atoms with Crippen LogP contribution in [0.25, 0.3) is 0 Å². The van der Waals surface area contributed by atoms with Crippen LogP contribution in [-0.4, -0.2) is 44.9 Å². The van der Waals surface area contributed by atoms with Crippen molar-refractivity contribution in [3.8, 4) is 5.75 Å². The molecule has 4 rings (SSSR count). The Bertz CT molecular complexity index is 1370. The number of halogens is 3. The molecule has 0 aliphatic heterocycles. The number of pyridine rings is 1. The summed E-state index contributed by atoms with van der Waals surface area (Å²) in [6.07, 6.45) is 1.57. The molecule has 1 heterocycles. The lowest BCUT2D eigenvalue weighted by molar-refractivity contribution is -0.0471. The fourth-order valence-corrected chi connectivity index (χ4v) is 6.50. The summed E-state index contributed by atoms with van der Waals surface area (Å²) in [5.74, 6) is -1.73. The van der Waals surface area contributed by atoms with E-state index in [1.165, 1.54) is 26.4 Å². The maximum absolute atomic E-state index is 15.5. The SMILES string of the molecule is COc1ccc(CN(c2cccc(F)n2)S(=O)(=O)c2cc(Cl)c(C3CCC(CO)(OC)C3)cc2F)cc1. The van der Waals surface area contributed by atoms with Crippen LogP contribution >= 0.6 is 11.6 Å². The molecule has 1 saturated carbocycles. The Labute approximate surface area is 219 Å². The van der Waals surface area contributed by atoms with Gasteiger partial charge in [-0.05, 0) is 72.7 Å². The Balaban J connectivity index is 1.73. The largest absolute Gasteiger partial charge is 0.497 e. The van der Waals surface area contributed by atoms with Crippen molar-refractivity contribution in [3.05, 3.63) is 82.5 Å². The van der Waals surface area contributed by atoms with Crippen molar-refractivity contribution < 1.29 is 31.8 Å². The minimum atomic E-state index is -4.56. The van der Waals surface area contributed by atoms with E-state index in [0.717, 1.165) is 22.5 Å². The first-order valence-corrected chi connectivity index (χ1v) is 13.4. The summed E-state index contributed by atoms with van der Waals surface area (Å²) in [6.45, 7) is -0.426. The highest BCUT2D eigenvalue weighted by molar-refractivity contribution is 7.92. The van der Waals surface area contributed by atoms with Crippen LogP contribution in [0.1, 0.15) is 36.3 Å². The number of hydrogen-bond acceptors (Lipinski definition) is 6. The molecule has 0 radical (unpaired) electrons. The minimum Gasteiger partial charge on any atom is -0.497 e. The van der Waals surface area contributed by atoms with Crippen LogP contribution in [-0.2, 0) is 21.3 Å². The molecule has 1 fully saturated rings. The molecule has 1 aliphatic rings. The number of aliphatic hydroxyl groups excluding tert-OH is 1. The standard InChI is InChI=1S/C26H27ClF2N2O5S/c1-35-19-8-6-17(7-9-19)15-31(25-5-3-4-24(29)30-25)37(33,34)23-13-21(27)20(12-22(23)28)18-10-11-26(14-18,16-32)36-2/h3-9,12-13,18,32H,10-11,14-16H2,1-2H3. The minimum absolute atomic E-state index is 0.0754. The molecule has 1 N–H and O–H groups in total. The van der Waals surface area contributed by atoms with Crippen LogP contribution in [0.3, 0.4) is 0 Å². The van der Waals surface area contributed by atoms with Gasteiger partial charge in [0, 0.05) is 12.1 Å². The summed E-state index contributed by atoms with van der Waals surface area (Å²) < 4.78 is 68.4. The van der Waals surface area contributed by atoms with Crippen molar-refractivity contribution in [1.29, 1.82) is 0 Å². The van der Waals surface area contributed by atoms with Gasteiger partial charge in [-0.3, -0.25) is 0 Å². The summed E-state index contributed by atoms with van der Waals surface area (Å²) in [5, 5.41) is 9.81. The summed E-state index contributed by atoms with van der Waals surface area (Å²) in [6, 6.07) is 12.5. The Morgan fingerprint density at radius 1 is 1.16 bits per heavy atom. The second kappa shape index (κ2) is 10.9. The molecule has 198 valence electrons. The molecule has 2 unspecified atom stereocenters. The van der Waals surface area contributed by atoms with Crippen LogP contribution in [0, 0.1) is 11.8 Å². The number of aliphatic hydroxyl groups is 1. The van der Waals surface area contributed by atoms with Gasteiger partial charge in [0.25, 0.3) is 10.0 Å². The van der Waals surface area contributed by atoms with E-state index in [0.29, 0.717) is 36.1 Å².